The van der Waals surface area contributed by atoms with E-state index in [0.717, 1.165) is 5.56 Å². The number of aryl methyl sites for hydroxylation is 1. The van der Waals surface area contributed by atoms with Crippen LogP contribution in [0, 0.1) is 6.92 Å². The van der Waals surface area contributed by atoms with Gasteiger partial charge in [0.15, 0.2) is 0 Å². The van der Waals surface area contributed by atoms with Crippen LogP contribution >= 0.6 is 0 Å². The number of amides is 1. The standard InChI is InChI=1S/C13H15N3O3/c1-9-15-12(16-19-9)10-4-2-5-11(8-10)13(18)14-6-3-7-17/h2,4-5,8,17H,3,6-7H2,1H3,(H,14,18). The highest BCUT2D eigenvalue weighted by atomic mass is 16.5. The first kappa shape index (κ1) is 13.2. The Labute approximate surface area is 110 Å². The lowest BCUT2D eigenvalue weighted by Gasteiger charge is -2.04. The van der Waals surface area contributed by atoms with Crippen molar-refractivity contribution in [3.63, 3.8) is 0 Å². The Bertz CT molecular complexity index is 566. The fourth-order valence-corrected chi connectivity index (χ4v) is 1.60. The van der Waals surface area contributed by atoms with Crippen LogP contribution in [0.5, 0.6) is 0 Å². The number of aliphatic hydroxyl groups is 1. The number of hydrogen-bond donors (Lipinski definition) is 2. The zero-order valence-corrected chi connectivity index (χ0v) is 10.6. The molecule has 0 fully saturated rings. The number of rotatable bonds is 5. The van der Waals surface area contributed by atoms with Crippen molar-refractivity contribution >= 4 is 5.91 Å². The second-order valence-electron chi connectivity index (χ2n) is 4.05. The molecule has 0 saturated carbocycles. The summed E-state index contributed by atoms with van der Waals surface area (Å²) in [5, 5.41) is 15.2. The Balaban J connectivity index is 2.13. The molecule has 2 N–H and O–H groups in total. The highest BCUT2D eigenvalue weighted by Crippen LogP contribution is 2.17. The molecule has 1 aromatic heterocycles. The van der Waals surface area contributed by atoms with Crippen LogP contribution in [0.4, 0.5) is 0 Å². The Morgan fingerprint density at radius 2 is 2.32 bits per heavy atom. The molecule has 0 aliphatic carbocycles. The van der Waals surface area contributed by atoms with Crippen LogP contribution < -0.4 is 5.32 Å². The van der Waals surface area contributed by atoms with Crippen molar-refractivity contribution in [3.8, 4) is 11.4 Å². The maximum Gasteiger partial charge on any atom is 0.251 e. The summed E-state index contributed by atoms with van der Waals surface area (Å²) < 4.78 is 4.91. The van der Waals surface area contributed by atoms with Crippen molar-refractivity contribution < 1.29 is 14.4 Å². The first-order chi connectivity index (χ1) is 9.20. The van der Waals surface area contributed by atoms with E-state index in [1.54, 1.807) is 25.1 Å². The smallest absolute Gasteiger partial charge is 0.251 e. The zero-order chi connectivity index (χ0) is 13.7. The van der Waals surface area contributed by atoms with Gasteiger partial charge < -0.3 is 14.9 Å². The van der Waals surface area contributed by atoms with E-state index in [9.17, 15) is 4.79 Å². The van der Waals surface area contributed by atoms with Gasteiger partial charge in [0.2, 0.25) is 11.7 Å². The molecule has 2 aromatic rings. The molecule has 1 heterocycles. The third kappa shape index (κ3) is 3.38. The number of carbonyl (C=O) groups is 1. The lowest BCUT2D eigenvalue weighted by atomic mass is 10.1. The van der Waals surface area contributed by atoms with E-state index < -0.39 is 0 Å². The summed E-state index contributed by atoms with van der Waals surface area (Å²) >= 11 is 0. The van der Waals surface area contributed by atoms with E-state index in [-0.39, 0.29) is 12.5 Å². The Morgan fingerprint density at radius 1 is 1.47 bits per heavy atom. The lowest BCUT2D eigenvalue weighted by Crippen LogP contribution is -2.24. The molecule has 19 heavy (non-hydrogen) atoms. The number of nitrogens with zero attached hydrogens (tertiary/aromatic N) is 2. The Hall–Kier alpha value is -2.21. The van der Waals surface area contributed by atoms with Crippen molar-refractivity contribution in [2.24, 2.45) is 0 Å². The first-order valence-electron chi connectivity index (χ1n) is 6.00. The van der Waals surface area contributed by atoms with Gasteiger partial charge in [0.25, 0.3) is 5.91 Å². The molecule has 0 radical (unpaired) electrons. The highest BCUT2D eigenvalue weighted by Gasteiger charge is 2.09. The fraction of sp³-hybridized carbons (Fsp3) is 0.308. The summed E-state index contributed by atoms with van der Waals surface area (Å²) in [7, 11) is 0. The van der Waals surface area contributed by atoms with Crippen LogP contribution in [0.3, 0.4) is 0 Å². The number of aliphatic hydroxyl groups excluding tert-OH is 1. The van der Waals surface area contributed by atoms with Gasteiger partial charge in [-0.3, -0.25) is 4.79 Å². The van der Waals surface area contributed by atoms with E-state index >= 15 is 0 Å². The number of aromatic nitrogens is 2. The molecule has 100 valence electrons. The monoisotopic (exact) mass is 261 g/mol. The second-order valence-corrected chi connectivity index (χ2v) is 4.05. The Kier molecular flexibility index (Phi) is 4.25. The molecular weight excluding hydrogens is 246 g/mol. The minimum absolute atomic E-state index is 0.0580. The largest absolute Gasteiger partial charge is 0.396 e. The number of carbonyl (C=O) groups excluding carboxylic acids is 1. The third-order valence-electron chi connectivity index (χ3n) is 2.53. The van der Waals surface area contributed by atoms with E-state index in [1.165, 1.54) is 0 Å². The van der Waals surface area contributed by atoms with Gasteiger partial charge in [-0.1, -0.05) is 17.3 Å². The summed E-state index contributed by atoms with van der Waals surface area (Å²) in [6, 6.07) is 7.00. The quantitative estimate of drug-likeness (QED) is 0.788. The van der Waals surface area contributed by atoms with Gasteiger partial charge in [-0.05, 0) is 18.6 Å². The van der Waals surface area contributed by atoms with Crippen LogP contribution in [-0.4, -0.2) is 34.3 Å². The minimum atomic E-state index is -0.185. The average Bonchev–Trinajstić information content (AvgIpc) is 2.86. The molecule has 6 nitrogen and oxygen atoms in total. The van der Waals surface area contributed by atoms with Gasteiger partial charge in [-0.15, -0.1) is 0 Å². The van der Waals surface area contributed by atoms with E-state index in [0.29, 0.717) is 30.2 Å². The molecule has 0 unspecified atom stereocenters. The minimum Gasteiger partial charge on any atom is -0.396 e. The normalized spacial score (nSPS) is 10.4. The van der Waals surface area contributed by atoms with Gasteiger partial charge in [0.05, 0.1) is 0 Å². The molecule has 0 saturated heterocycles. The van der Waals surface area contributed by atoms with E-state index in [4.69, 9.17) is 9.63 Å². The molecule has 1 amide bonds. The number of benzene rings is 1. The summed E-state index contributed by atoms with van der Waals surface area (Å²) in [4.78, 5) is 16.0. The molecule has 2 rings (SSSR count). The van der Waals surface area contributed by atoms with Gasteiger partial charge >= 0.3 is 0 Å². The SMILES string of the molecule is Cc1nc(-c2cccc(C(=O)NCCCO)c2)no1. The number of hydrogen-bond acceptors (Lipinski definition) is 5. The van der Waals surface area contributed by atoms with E-state index in [2.05, 4.69) is 15.5 Å². The highest BCUT2D eigenvalue weighted by molar-refractivity contribution is 5.95. The molecule has 0 atom stereocenters. The molecule has 0 aliphatic heterocycles. The predicted molar refractivity (Wildman–Crippen MR) is 68.5 cm³/mol. The predicted octanol–water partition coefficient (Wildman–Crippen LogP) is 1.16. The summed E-state index contributed by atoms with van der Waals surface area (Å²) in [5.74, 6) is 0.755. The van der Waals surface area contributed by atoms with Gasteiger partial charge in [0.1, 0.15) is 0 Å². The maximum absolute atomic E-state index is 11.9. The molecule has 0 bridgehead atoms. The fourth-order valence-electron chi connectivity index (χ4n) is 1.60. The molecule has 0 spiro atoms. The van der Waals surface area contributed by atoms with Gasteiger partial charge in [0, 0.05) is 31.2 Å². The molecular formula is C13H15N3O3. The van der Waals surface area contributed by atoms with Crippen molar-refractivity contribution in [1.82, 2.24) is 15.5 Å². The van der Waals surface area contributed by atoms with E-state index in [1.807, 2.05) is 6.07 Å². The van der Waals surface area contributed by atoms with Crippen molar-refractivity contribution in [1.29, 1.82) is 0 Å². The summed E-state index contributed by atoms with van der Waals surface area (Å²) in [6.07, 6.45) is 0.537. The molecule has 0 aliphatic rings. The van der Waals surface area contributed by atoms with Crippen LogP contribution in [0.25, 0.3) is 11.4 Å². The summed E-state index contributed by atoms with van der Waals surface area (Å²) in [5.41, 5.74) is 1.25. The van der Waals surface area contributed by atoms with Crippen molar-refractivity contribution in [3.05, 3.63) is 35.7 Å². The Morgan fingerprint density at radius 3 is 3.00 bits per heavy atom. The second kappa shape index (κ2) is 6.10. The van der Waals surface area contributed by atoms with Crippen molar-refractivity contribution in [2.75, 3.05) is 13.2 Å². The third-order valence-corrected chi connectivity index (χ3v) is 2.53. The maximum atomic E-state index is 11.9. The number of nitrogens with one attached hydrogen (secondary N) is 1. The molecule has 1 aromatic carbocycles. The molecule has 6 heteroatoms. The lowest BCUT2D eigenvalue weighted by molar-refractivity contribution is 0.0951. The summed E-state index contributed by atoms with van der Waals surface area (Å²) in [6.45, 7) is 2.21. The van der Waals surface area contributed by atoms with Gasteiger partial charge in [-0.2, -0.15) is 4.98 Å². The van der Waals surface area contributed by atoms with Gasteiger partial charge in [-0.25, -0.2) is 0 Å². The van der Waals surface area contributed by atoms with Crippen LogP contribution in [0.1, 0.15) is 22.7 Å². The zero-order valence-electron chi connectivity index (χ0n) is 10.6. The van der Waals surface area contributed by atoms with Crippen LogP contribution in [0.15, 0.2) is 28.8 Å². The van der Waals surface area contributed by atoms with Crippen molar-refractivity contribution in [2.45, 2.75) is 13.3 Å². The topological polar surface area (TPSA) is 88.2 Å². The average molecular weight is 261 g/mol. The first-order valence-corrected chi connectivity index (χ1v) is 6.00. The van der Waals surface area contributed by atoms with Crippen LogP contribution in [0.2, 0.25) is 0 Å². The van der Waals surface area contributed by atoms with Crippen LogP contribution in [-0.2, 0) is 0 Å².